The number of nitrogens with one attached hydrogen (secondary N) is 1. The Morgan fingerprint density at radius 3 is 2.17 bits per heavy atom. The number of rotatable bonds is 4. The molecule has 2 rings (SSSR count). The molecule has 0 spiro atoms. The molecular formula is C14H13Cl2NS. The zero-order valence-electron chi connectivity index (χ0n) is 9.91. The fraction of sp³-hybridized carbons (Fsp3) is 0.143. The van der Waals surface area contributed by atoms with Crippen LogP contribution < -0.4 is 5.32 Å². The molecule has 0 aliphatic carbocycles. The predicted molar refractivity (Wildman–Crippen MR) is 82.0 cm³/mol. The normalized spacial score (nSPS) is 10.4. The van der Waals surface area contributed by atoms with Gasteiger partial charge in [0.25, 0.3) is 0 Å². The molecule has 0 saturated heterocycles. The molecule has 0 radical (unpaired) electrons. The van der Waals surface area contributed by atoms with Gasteiger partial charge < -0.3 is 5.32 Å². The topological polar surface area (TPSA) is 12.0 Å². The van der Waals surface area contributed by atoms with Crippen LogP contribution in [0.25, 0.3) is 0 Å². The van der Waals surface area contributed by atoms with Crippen LogP contribution in [-0.2, 0) is 6.54 Å². The van der Waals surface area contributed by atoms with E-state index < -0.39 is 0 Å². The second-order valence-corrected chi connectivity index (χ2v) is 5.48. The molecular weight excluding hydrogens is 285 g/mol. The van der Waals surface area contributed by atoms with Crippen molar-refractivity contribution < 1.29 is 0 Å². The number of benzene rings is 2. The largest absolute Gasteiger partial charge is 0.381 e. The highest BCUT2D eigenvalue weighted by atomic mass is 35.5. The van der Waals surface area contributed by atoms with Crippen LogP contribution >= 0.6 is 35.0 Å². The Morgan fingerprint density at radius 1 is 1.00 bits per heavy atom. The number of hydrogen-bond donors (Lipinski definition) is 1. The molecule has 0 atom stereocenters. The zero-order chi connectivity index (χ0) is 13.0. The zero-order valence-corrected chi connectivity index (χ0v) is 12.2. The third-order valence-electron chi connectivity index (χ3n) is 2.62. The molecule has 2 aromatic carbocycles. The summed E-state index contributed by atoms with van der Waals surface area (Å²) in [6.45, 7) is 0.622. The second kappa shape index (κ2) is 6.37. The van der Waals surface area contributed by atoms with Gasteiger partial charge >= 0.3 is 0 Å². The summed E-state index contributed by atoms with van der Waals surface area (Å²) in [5.74, 6) is 0. The van der Waals surface area contributed by atoms with Crippen molar-refractivity contribution in [3.8, 4) is 0 Å². The summed E-state index contributed by atoms with van der Waals surface area (Å²) in [5.41, 5.74) is 1.98. The standard InChI is InChI=1S/C14H13Cl2NS/c1-18-11-7-5-10(6-8-11)17-9-12-13(15)3-2-4-14(12)16/h2-8,17H,9H2,1H3. The van der Waals surface area contributed by atoms with Crippen LogP contribution in [0.5, 0.6) is 0 Å². The molecule has 0 aromatic heterocycles. The Morgan fingerprint density at radius 2 is 1.61 bits per heavy atom. The molecule has 4 heteroatoms. The van der Waals surface area contributed by atoms with E-state index in [9.17, 15) is 0 Å². The van der Waals surface area contributed by atoms with Gasteiger partial charge in [0.15, 0.2) is 0 Å². The number of thioether (sulfide) groups is 1. The molecule has 0 aliphatic heterocycles. The first-order valence-electron chi connectivity index (χ1n) is 5.51. The first kappa shape index (κ1) is 13.6. The quantitative estimate of drug-likeness (QED) is 0.766. The summed E-state index contributed by atoms with van der Waals surface area (Å²) < 4.78 is 0. The van der Waals surface area contributed by atoms with Gasteiger partial charge in [-0.25, -0.2) is 0 Å². The van der Waals surface area contributed by atoms with Crippen LogP contribution in [0.15, 0.2) is 47.4 Å². The Hall–Kier alpha value is -0.830. The Kier molecular flexibility index (Phi) is 4.81. The molecule has 0 unspecified atom stereocenters. The van der Waals surface area contributed by atoms with Crippen molar-refractivity contribution in [1.29, 1.82) is 0 Å². The van der Waals surface area contributed by atoms with Gasteiger partial charge in [0.1, 0.15) is 0 Å². The lowest BCUT2D eigenvalue weighted by Gasteiger charge is -2.10. The van der Waals surface area contributed by atoms with Crippen LogP contribution in [0.3, 0.4) is 0 Å². The summed E-state index contributed by atoms with van der Waals surface area (Å²) in [5, 5.41) is 4.70. The molecule has 0 amide bonds. The van der Waals surface area contributed by atoms with Crippen molar-refractivity contribution in [3.05, 3.63) is 58.1 Å². The number of halogens is 2. The van der Waals surface area contributed by atoms with Gasteiger partial charge in [-0.05, 0) is 42.7 Å². The molecule has 1 nitrogen and oxygen atoms in total. The second-order valence-electron chi connectivity index (χ2n) is 3.78. The van der Waals surface area contributed by atoms with E-state index in [0.29, 0.717) is 16.6 Å². The van der Waals surface area contributed by atoms with Gasteiger partial charge in [0, 0.05) is 32.7 Å². The maximum Gasteiger partial charge on any atom is 0.0470 e. The lowest BCUT2D eigenvalue weighted by atomic mass is 10.2. The SMILES string of the molecule is CSc1ccc(NCc2c(Cl)cccc2Cl)cc1. The first-order chi connectivity index (χ1) is 8.70. The van der Waals surface area contributed by atoms with Gasteiger partial charge in [-0.2, -0.15) is 0 Å². The van der Waals surface area contributed by atoms with E-state index in [4.69, 9.17) is 23.2 Å². The maximum atomic E-state index is 6.12. The van der Waals surface area contributed by atoms with E-state index in [1.54, 1.807) is 11.8 Å². The number of anilines is 1. The van der Waals surface area contributed by atoms with Crippen molar-refractivity contribution in [3.63, 3.8) is 0 Å². The van der Waals surface area contributed by atoms with E-state index in [1.165, 1.54) is 4.90 Å². The van der Waals surface area contributed by atoms with E-state index in [2.05, 4.69) is 35.8 Å². The molecule has 0 fully saturated rings. The Bertz CT molecular complexity index is 506. The molecule has 2 aromatic rings. The third kappa shape index (κ3) is 3.35. The molecule has 94 valence electrons. The van der Waals surface area contributed by atoms with E-state index >= 15 is 0 Å². The predicted octanol–water partition coefficient (Wildman–Crippen LogP) is 5.33. The van der Waals surface area contributed by atoms with Gasteiger partial charge in [0.2, 0.25) is 0 Å². The number of hydrogen-bond acceptors (Lipinski definition) is 2. The highest BCUT2D eigenvalue weighted by Gasteiger charge is 2.04. The van der Waals surface area contributed by atoms with Crippen molar-refractivity contribution in [2.24, 2.45) is 0 Å². The lowest BCUT2D eigenvalue weighted by molar-refractivity contribution is 1.15. The van der Waals surface area contributed by atoms with E-state index in [0.717, 1.165) is 11.3 Å². The molecule has 1 N–H and O–H groups in total. The van der Waals surface area contributed by atoms with E-state index in [1.807, 2.05) is 18.2 Å². The van der Waals surface area contributed by atoms with Crippen molar-refractivity contribution >= 4 is 40.7 Å². The monoisotopic (exact) mass is 297 g/mol. The molecule has 0 bridgehead atoms. The fourth-order valence-corrected chi connectivity index (χ4v) is 2.54. The average Bonchev–Trinajstić information content (AvgIpc) is 2.39. The van der Waals surface area contributed by atoms with Gasteiger partial charge in [-0.15, -0.1) is 11.8 Å². The lowest BCUT2D eigenvalue weighted by Crippen LogP contribution is -2.00. The van der Waals surface area contributed by atoms with Crippen LogP contribution in [-0.4, -0.2) is 6.26 Å². The van der Waals surface area contributed by atoms with Crippen molar-refractivity contribution in [1.82, 2.24) is 0 Å². The minimum Gasteiger partial charge on any atom is -0.381 e. The maximum absolute atomic E-state index is 6.12. The average molecular weight is 298 g/mol. The molecule has 18 heavy (non-hydrogen) atoms. The molecule has 0 aliphatic rings. The minimum absolute atomic E-state index is 0.622. The first-order valence-corrected chi connectivity index (χ1v) is 7.49. The molecule has 0 heterocycles. The summed E-state index contributed by atoms with van der Waals surface area (Å²) in [6, 6.07) is 13.8. The molecule has 0 saturated carbocycles. The highest BCUT2D eigenvalue weighted by molar-refractivity contribution is 7.98. The van der Waals surface area contributed by atoms with Crippen LogP contribution in [0.1, 0.15) is 5.56 Å². The van der Waals surface area contributed by atoms with E-state index in [-0.39, 0.29) is 0 Å². The highest BCUT2D eigenvalue weighted by Crippen LogP contribution is 2.25. The van der Waals surface area contributed by atoms with Gasteiger partial charge in [0.05, 0.1) is 0 Å². The summed E-state index contributed by atoms with van der Waals surface area (Å²) >= 11 is 14.0. The van der Waals surface area contributed by atoms with Crippen LogP contribution in [0.4, 0.5) is 5.69 Å². The van der Waals surface area contributed by atoms with Crippen molar-refractivity contribution in [2.75, 3.05) is 11.6 Å². The van der Waals surface area contributed by atoms with Crippen molar-refractivity contribution in [2.45, 2.75) is 11.4 Å². The Balaban J connectivity index is 2.06. The summed E-state index contributed by atoms with van der Waals surface area (Å²) in [4.78, 5) is 1.25. The minimum atomic E-state index is 0.622. The Labute approximate surface area is 121 Å². The van der Waals surface area contributed by atoms with Gasteiger partial charge in [-0.1, -0.05) is 29.3 Å². The van der Waals surface area contributed by atoms with Crippen LogP contribution in [0.2, 0.25) is 10.0 Å². The smallest absolute Gasteiger partial charge is 0.0470 e. The third-order valence-corrected chi connectivity index (χ3v) is 4.07. The van der Waals surface area contributed by atoms with Gasteiger partial charge in [-0.3, -0.25) is 0 Å². The fourth-order valence-electron chi connectivity index (χ4n) is 1.60. The van der Waals surface area contributed by atoms with Crippen LogP contribution in [0, 0.1) is 0 Å². The summed E-state index contributed by atoms with van der Waals surface area (Å²) in [6.07, 6.45) is 2.06. The summed E-state index contributed by atoms with van der Waals surface area (Å²) in [7, 11) is 0.